The number of aryl methyl sites for hydroxylation is 1. The van der Waals surface area contributed by atoms with Gasteiger partial charge in [0.15, 0.2) is 0 Å². The van der Waals surface area contributed by atoms with Gasteiger partial charge in [-0.05, 0) is 19.8 Å². The molecule has 5 nitrogen and oxygen atoms in total. The van der Waals surface area contributed by atoms with E-state index in [4.69, 9.17) is 4.74 Å². The molecule has 23 heavy (non-hydrogen) atoms. The Labute approximate surface area is 142 Å². The lowest BCUT2D eigenvalue weighted by Crippen LogP contribution is -2.42. The predicted octanol–water partition coefficient (Wildman–Crippen LogP) is 2.83. The van der Waals surface area contributed by atoms with Crippen LogP contribution in [0.15, 0.2) is 12.3 Å². The summed E-state index contributed by atoms with van der Waals surface area (Å²) in [6.45, 7) is 3.44. The van der Waals surface area contributed by atoms with Crippen molar-refractivity contribution >= 4 is 17.7 Å². The molecule has 1 saturated heterocycles. The highest BCUT2D eigenvalue weighted by Gasteiger charge is 2.25. The van der Waals surface area contributed by atoms with Crippen LogP contribution in [0.2, 0.25) is 0 Å². The van der Waals surface area contributed by atoms with Crippen LogP contribution in [0, 0.1) is 6.92 Å². The number of hydrogen-bond acceptors (Lipinski definition) is 5. The van der Waals surface area contributed by atoms with Gasteiger partial charge in [-0.3, -0.25) is 4.79 Å². The van der Waals surface area contributed by atoms with E-state index in [9.17, 15) is 4.79 Å². The number of nitrogens with zero attached hydrogens (tertiary/aromatic N) is 3. The Balaban J connectivity index is 1.40. The van der Waals surface area contributed by atoms with E-state index in [-0.39, 0.29) is 6.10 Å². The van der Waals surface area contributed by atoms with Crippen molar-refractivity contribution < 1.29 is 9.53 Å². The SMILES string of the molecule is Cc1nccc(OC2CCN(C(=O)CSC3CCCC3)CC2)n1. The van der Waals surface area contributed by atoms with Gasteiger partial charge in [-0.2, -0.15) is 4.98 Å². The maximum absolute atomic E-state index is 12.3. The molecule has 2 heterocycles. The number of hydrogen-bond donors (Lipinski definition) is 0. The van der Waals surface area contributed by atoms with Crippen molar-refractivity contribution in [1.29, 1.82) is 0 Å². The highest BCUT2D eigenvalue weighted by molar-refractivity contribution is 8.00. The van der Waals surface area contributed by atoms with Crippen LogP contribution in [0.5, 0.6) is 5.88 Å². The van der Waals surface area contributed by atoms with Crippen LogP contribution in [0.3, 0.4) is 0 Å². The average molecular weight is 335 g/mol. The molecule has 0 unspecified atom stereocenters. The summed E-state index contributed by atoms with van der Waals surface area (Å²) in [5.74, 6) is 2.29. The Morgan fingerprint density at radius 3 is 2.74 bits per heavy atom. The Bertz CT molecular complexity index is 526. The minimum absolute atomic E-state index is 0.149. The molecule has 2 fully saturated rings. The fourth-order valence-electron chi connectivity index (χ4n) is 3.23. The molecule has 1 aromatic heterocycles. The molecule has 1 amide bonds. The van der Waals surface area contributed by atoms with Gasteiger partial charge in [0.05, 0.1) is 5.75 Å². The van der Waals surface area contributed by atoms with Gasteiger partial charge >= 0.3 is 0 Å². The van der Waals surface area contributed by atoms with Crippen LogP contribution in [-0.2, 0) is 4.79 Å². The number of carbonyl (C=O) groups excluding carboxylic acids is 1. The van der Waals surface area contributed by atoms with E-state index in [0.717, 1.165) is 31.8 Å². The van der Waals surface area contributed by atoms with Crippen LogP contribution < -0.4 is 4.74 Å². The summed E-state index contributed by atoms with van der Waals surface area (Å²) in [6.07, 6.45) is 8.85. The lowest BCUT2D eigenvalue weighted by molar-refractivity contribution is -0.130. The molecule has 3 rings (SSSR count). The molecule has 1 saturated carbocycles. The first kappa shape index (κ1) is 16.6. The minimum atomic E-state index is 0.149. The first-order chi connectivity index (χ1) is 11.2. The van der Waals surface area contributed by atoms with Crippen molar-refractivity contribution in [1.82, 2.24) is 14.9 Å². The predicted molar refractivity (Wildman–Crippen MR) is 91.7 cm³/mol. The van der Waals surface area contributed by atoms with E-state index in [0.29, 0.717) is 22.8 Å². The van der Waals surface area contributed by atoms with Crippen LogP contribution >= 0.6 is 11.8 Å². The molecule has 126 valence electrons. The van der Waals surface area contributed by atoms with Gasteiger partial charge in [-0.1, -0.05) is 12.8 Å². The van der Waals surface area contributed by atoms with Crippen molar-refractivity contribution in [2.75, 3.05) is 18.8 Å². The molecule has 0 bridgehead atoms. The van der Waals surface area contributed by atoms with Gasteiger partial charge in [0, 0.05) is 43.4 Å². The third-order valence-corrected chi connectivity index (χ3v) is 5.93. The monoisotopic (exact) mass is 335 g/mol. The first-order valence-electron chi connectivity index (χ1n) is 8.56. The molecular weight excluding hydrogens is 310 g/mol. The Kier molecular flexibility index (Phi) is 5.75. The summed E-state index contributed by atoms with van der Waals surface area (Å²) < 4.78 is 5.91. The van der Waals surface area contributed by atoms with E-state index in [1.807, 2.05) is 23.6 Å². The zero-order valence-electron chi connectivity index (χ0n) is 13.7. The minimum Gasteiger partial charge on any atom is -0.474 e. The van der Waals surface area contributed by atoms with Crippen LogP contribution in [-0.4, -0.2) is 51.0 Å². The first-order valence-corrected chi connectivity index (χ1v) is 9.61. The molecule has 1 aromatic rings. The fourth-order valence-corrected chi connectivity index (χ4v) is 4.46. The van der Waals surface area contributed by atoms with Gasteiger partial charge < -0.3 is 9.64 Å². The summed E-state index contributed by atoms with van der Waals surface area (Å²) in [7, 11) is 0. The van der Waals surface area contributed by atoms with Crippen molar-refractivity contribution in [3.63, 3.8) is 0 Å². The fraction of sp³-hybridized carbons (Fsp3) is 0.706. The van der Waals surface area contributed by atoms with Gasteiger partial charge in [-0.15, -0.1) is 11.8 Å². The van der Waals surface area contributed by atoms with Crippen LogP contribution in [0.1, 0.15) is 44.3 Å². The Morgan fingerprint density at radius 2 is 2.04 bits per heavy atom. The third kappa shape index (κ3) is 4.83. The van der Waals surface area contributed by atoms with Gasteiger partial charge in [0.1, 0.15) is 11.9 Å². The third-order valence-electron chi connectivity index (χ3n) is 4.58. The molecule has 0 N–H and O–H groups in total. The summed E-state index contributed by atoms with van der Waals surface area (Å²) in [5.41, 5.74) is 0. The molecule has 0 atom stereocenters. The molecule has 1 aliphatic heterocycles. The lowest BCUT2D eigenvalue weighted by atomic mass is 10.1. The van der Waals surface area contributed by atoms with E-state index in [1.165, 1.54) is 25.7 Å². The number of thioether (sulfide) groups is 1. The van der Waals surface area contributed by atoms with Crippen LogP contribution in [0.25, 0.3) is 0 Å². The summed E-state index contributed by atoms with van der Waals surface area (Å²) in [4.78, 5) is 22.7. The van der Waals surface area contributed by atoms with Crippen LogP contribution in [0.4, 0.5) is 0 Å². The van der Waals surface area contributed by atoms with E-state index in [1.54, 1.807) is 12.3 Å². The second kappa shape index (κ2) is 7.99. The summed E-state index contributed by atoms with van der Waals surface area (Å²) >= 11 is 1.85. The van der Waals surface area contributed by atoms with E-state index in [2.05, 4.69) is 9.97 Å². The smallest absolute Gasteiger partial charge is 0.232 e. The van der Waals surface area contributed by atoms with E-state index >= 15 is 0 Å². The lowest BCUT2D eigenvalue weighted by Gasteiger charge is -2.32. The Morgan fingerprint density at radius 1 is 1.30 bits per heavy atom. The van der Waals surface area contributed by atoms with Crippen molar-refractivity contribution in [2.24, 2.45) is 0 Å². The number of carbonyl (C=O) groups is 1. The number of aromatic nitrogens is 2. The standard InChI is InChI=1S/C17H25N3O2S/c1-13-18-9-6-16(19-13)22-14-7-10-20(11-8-14)17(21)12-23-15-4-2-3-5-15/h6,9,14-15H,2-5,7-8,10-12H2,1H3. The molecular formula is C17H25N3O2S. The number of likely N-dealkylation sites (tertiary alicyclic amines) is 1. The molecule has 6 heteroatoms. The Hall–Kier alpha value is -1.30. The van der Waals surface area contributed by atoms with Gasteiger partial charge in [0.25, 0.3) is 0 Å². The van der Waals surface area contributed by atoms with Crippen molar-refractivity contribution in [3.05, 3.63) is 18.1 Å². The maximum atomic E-state index is 12.3. The second-order valence-electron chi connectivity index (χ2n) is 6.36. The van der Waals surface area contributed by atoms with Crippen molar-refractivity contribution in [3.8, 4) is 5.88 Å². The largest absolute Gasteiger partial charge is 0.474 e. The maximum Gasteiger partial charge on any atom is 0.232 e. The number of ether oxygens (including phenoxy) is 1. The molecule has 1 aliphatic carbocycles. The topological polar surface area (TPSA) is 55.3 Å². The second-order valence-corrected chi connectivity index (χ2v) is 7.65. The number of rotatable bonds is 5. The molecule has 0 aromatic carbocycles. The zero-order chi connectivity index (χ0) is 16.1. The summed E-state index contributed by atoms with van der Waals surface area (Å²) in [6, 6.07) is 1.79. The molecule has 0 radical (unpaired) electrons. The quantitative estimate of drug-likeness (QED) is 0.828. The normalized spacial score (nSPS) is 20.0. The zero-order valence-corrected chi connectivity index (χ0v) is 14.6. The summed E-state index contributed by atoms with van der Waals surface area (Å²) in [5, 5.41) is 0.709. The highest BCUT2D eigenvalue weighted by atomic mass is 32.2. The van der Waals surface area contributed by atoms with Gasteiger partial charge in [-0.25, -0.2) is 4.98 Å². The molecule has 2 aliphatic rings. The highest BCUT2D eigenvalue weighted by Crippen LogP contribution is 2.29. The van der Waals surface area contributed by atoms with Crippen molar-refractivity contribution in [2.45, 2.75) is 56.8 Å². The molecule has 0 spiro atoms. The van der Waals surface area contributed by atoms with Gasteiger partial charge in [0.2, 0.25) is 11.8 Å². The number of amides is 1. The number of piperidine rings is 1. The average Bonchev–Trinajstić information content (AvgIpc) is 3.07. The van der Waals surface area contributed by atoms with E-state index < -0.39 is 0 Å².